The first kappa shape index (κ1) is 20.4. The van der Waals surface area contributed by atoms with E-state index in [4.69, 9.17) is 29.6 Å². The molecule has 24 heavy (non-hydrogen) atoms. The fourth-order valence-electron chi connectivity index (χ4n) is 2.26. The molecule has 0 aromatic heterocycles. The molecular weight excluding hydrogens is 369 g/mol. The molecule has 0 heterocycles. The fourth-order valence-corrected chi connectivity index (χ4v) is 2.43. The summed E-state index contributed by atoms with van der Waals surface area (Å²) in [4.78, 5) is 5.30. The molecule has 1 aromatic carbocycles. The van der Waals surface area contributed by atoms with E-state index in [1.807, 2.05) is 0 Å². The quantitative estimate of drug-likeness (QED) is 0.607. The third-order valence-corrected chi connectivity index (χ3v) is 3.55. The Morgan fingerprint density at radius 2 is 1.88 bits per heavy atom. The number of hydrogen-bond acceptors (Lipinski definition) is 5. The molecule has 1 aliphatic carbocycles. The van der Waals surface area contributed by atoms with Gasteiger partial charge >= 0.3 is 16.7 Å². The number of alkyl halides is 3. The van der Waals surface area contributed by atoms with E-state index < -0.39 is 22.2 Å². The van der Waals surface area contributed by atoms with Crippen LogP contribution in [-0.2, 0) is 21.5 Å². The van der Waals surface area contributed by atoms with E-state index in [1.54, 1.807) is 0 Å². The fraction of sp³-hybridized carbons (Fsp3) is 0.500. The van der Waals surface area contributed by atoms with E-state index in [1.165, 1.54) is 19.1 Å². The Labute approximate surface area is 143 Å². The van der Waals surface area contributed by atoms with Crippen molar-refractivity contribution in [2.45, 2.75) is 44.9 Å². The van der Waals surface area contributed by atoms with Crippen LogP contribution in [0.1, 0.15) is 43.7 Å². The lowest BCUT2D eigenvalue weighted by atomic mass is 10.0. The smallest absolute Gasteiger partial charge is 0.392 e. The zero-order valence-corrected chi connectivity index (χ0v) is 14.3. The lowest BCUT2D eigenvalue weighted by molar-refractivity contribution is -0.137. The third-order valence-electron chi connectivity index (χ3n) is 3.32. The Morgan fingerprint density at radius 1 is 1.33 bits per heavy atom. The zero-order valence-electron chi connectivity index (χ0n) is 12.7. The van der Waals surface area contributed by atoms with Gasteiger partial charge in [0, 0.05) is 10.6 Å². The highest BCUT2D eigenvalue weighted by molar-refractivity contribution is 7.60. The van der Waals surface area contributed by atoms with Gasteiger partial charge in [-0.15, -0.1) is 0 Å². The van der Waals surface area contributed by atoms with Crippen LogP contribution < -0.4 is 0 Å². The van der Waals surface area contributed by atoms with Crippen LogP contribution in [0.3, 0.4) is 0 Å². The van der Waals surface area contributed by atoms with Gasteiger partial charge in [0.2, 0.25) is 0 Å². The summed E-state index contributed by atoms with van der Waals surface area (Å²) >= 11 is 5.78. The number of oxime groups is 1. The van der Waals surface area contributed by atoms with Gasteiger partial charge in [0.1, 0.15) is 6.10 Å². The summed E-state index contributed by atoms with van der Waals surface area (Å²) in [5, 5.41) is 4.09. The Bertz CT molecular complexity index is 693. The molecule has 5 nitrogen and oxygen atoms in total. The maximum atomic E-state index is 12.9. The van der Waals surface area contributed by atoms with Crippen LogP contribution >= 0.6 is 11.6 Å². The van der Waals surface area contributed by atoms with Gasteiger partial charge in [0.05, 0.1) is 11.3 Å². The second kappa shape index (κ2) is 9.03. The van der Waals surface area contributed by atoms with Crippen LogP contribution in [0.4, 0.5) is 13.2 Å². The number of halogens is 4. The average molecular weight is 385 g/mol. The van der Waals surface area contributed by atoms with Crippen molar-refractivity contribution in [1.82, 2.24) is 0 Å². The molecule has 0 atom stereocenters. The Balaban J connectivity index is 0.000000648. The molecule has 1 aromatic rings. The van der Waals surface area contributed by atoms with Crippen molar-refractivity contribution in [2.75, 3.05) is 0 Å². The van der Waals surface area contributed by atoms with Crippen molar-refractivity contribution in [3.05, 3.63) is 34.3 Å². The van der Waals surface area contributed by atoms with E-state index in [0.717, 1.165) is 31.7 Å². The van der Waals surface area contributed by atoms with Crippen molar-refractivity contribution in [3.63, 3.8) is 0 Å². The topological polar surface area (TPSA) is 79.6 Å². The van der Waals surface area contributed by atoms with Crippen LogP contribution in [0.2, 0.25) is 5.02 Å². The van der Waals surface area contributed by atoms with Gasteiger partial charge < -0.3 is 4.84 Å². The molecule has 10 heteroatoms. The summed E-state index contributed by atoms with van der Waals surface area (Å²) in [6, 6.07) is 3.45. The molecule has 2 rings (SSSR count). The number of rotatable bonds is 3. The van der Waals surface area contributed by atoms with Gasteiger partial charge in [-0.1, -0.05) is 16.8 Å². The van der Waals surface area contributed by atoms with E-state index in [-0.39, 0.29) is 22.4 Å². The molecule has 1 saturated carbocycles. The Kier molecular flexibility index (Phi) is 7.68. The molecule has 0 unspecified atom stereocenters. The highest BCUT2D eigenvalue weighted by atomic mass is 35.5. The lowest BCUT2D eigenvalue weighted by Crippen LogP contribution is -2.13. The van der Waals surface area contributed by atoms with Gasteiger partial charge in [0.15, 0.2) is 0 Å². The summed E-state index contributed by atoms with van der Waals surface area (Å²) in [6.07, 6.45) is -0.478. The monoisotopic (exact) mass is 384 g/mol. The van der Waals surface area contributed by atoms with Crippen LogP contribution in [0.5, 0.6) is 0 Å². The average Bonchev–Trinajstić information content (AvgIpc) is 2.96. The molecule has 0 aliphatic heterocycles. The summed E-state index contributed by atoms with van der Waals surface area (Å²) in [5.74, 6) is 0. The van der Waals surface area contributed by atoms with Crippen LogP contribution in [0, 0.1) is 4.78 Å². The molecule has 0 saturated heterocycles. The Hall–Kier alpha value is -1.61. The maximum Gasteiger partial charge on any atom is 0.417 e. The summed E-state index contributed by atoms with van der Waals surface area (Å²) in [7, 11) is -2.61. The molecule has 0 radical (unpaired) electrons. The first-order valence-electron chi connectivity index (χ1n) is 6.99. The van der Waals surface area contributed by atoms with E-state index in [2.05, 4.69) is 5.16 Å². The van der Waals surface area contributed by atoms with Crippen molar-refractivity contribution < 1.29 is 26.4 Å². The van der Waals surface area contributed by atoms with Gasteiger partial charge in [-0.2, -0.15) is 26.4 Å². The van der Waals surface area contributed by atoms with E-state index in [9.17, 15) is 13.2 Å². The SMILES string of the molecule is C/C(=N\OC1CCCC1)c1cc(Cl)ccc1C(F)(F)F.N=S(=O)=O. The minimum atomic E-state index is -4.44. The number of hydrogen-bond donors (Lipinski definition) is 1. The van der Waals surface area contributed by atoms with Crippen molar-refractivity contribution in [1.29, 1.82) is 4.78 Å². The molecule has 1 fully saturated rings. The first-order valence-corrected chi connectivity index (χ1v) is 8.44. The summed E-state index contributed by atoms with van der Waals surface area (Å²) < 4.78 is 61.7. The largest absolute Gasteiger partial charge is 0.417 e. The van der Waals surface area contributed by atoms with Crippen molar-refractivity contribution in [3.8, 4) is 0 Å². The second-order valence-electron chi connectivity index (χ2n) is 5.11. The first-order chi connectivity index (χ1) is 11.1. The van der Waals surface area contributed by atoms with Crippen LogP contribution in [-0.4, -0.2) is 20.2 Å². The predicted octanol–water partition coefficient (Wildman–Crippen LogP) is 4.67. The van der Waals surface area contributed by atoms with Crippen LogP contribution in [0.15, 0.2) is 23.4 Å². The van der Waals surface area contributed by atoms with Gasteiger partial charge in [-0.3, -0.25) is 0 Å². The normalized spacial score (nSPS) is 15.6. The predicted molar refractivity (Wildman–Crippen MR) is 83.6 cm³/mol. The molecule has 0 bridgehead atoms. The zero-order chi connectivity index (χ0) is 18.3. The van der Waals surface area contributed by atoms with Gasteiger partial charge in [-0.25, -0.2) is 0 Å². The van der Waals surface area contributed by atoms with E-state index >= 15 is 0 Å². The van der Waals surface area contributed by atoms with Crippen LogP contribution in [0.25, 0.3) is 0 Å². The second-order valence-corrected chi connectivity index (χ2v) is 6.02. The Morgan fingerprint density at radius 3 is 2.38 bits per heavy atom. The van der Waals surface area contributed by atoms with E-state index in [0.29, 0.717) is 0 Å². The lowest BCUT2D eigenvalue weighted by Gasteiger charge is -2.13. The van der Waals surface area contributed by atoms with Gasteiger partial charge in [0.25, 0.3) is 0 Å². The summed E-state index contributed by atoms with van der Waals surface area (Å²) in [6.45, 7) is 1.50. The van der Waals surface area contributed by atoms with Crippen molar-refractivity contribution in [2.24, 2.45) is 5.16 Å². The number of benzene rings is 1. The standard InChI is InChI=1S/C14H15ClF3NO.HNO2S/c1-9(19-20-11-4-2-3-5-11)12-8-10(15)6-7-13(12)14(16,17)18;1-4(2)3/h6-8,11H,2-5H2,1H3;1H/b19-9+;. The maximum absolute atomic E-state index is 12.9. The summed E-state index contributed by atoms with van der Waals surface area (Å²) in [5.41, 5.74) is -0.604. The molecule has 0 spiro atoms. The highest BCUT2D eigenvalue weighted by Crippen LogP contribution is 2.33. The minimum Gasteiger partial charge on any atom is -0.392 e. The van der Waals surface area contributed by atoms with Crippen molar-refractivity contribution >= 4 is 27.8 Å². The number of nitrogens with one attached hydrogen (secondary N) is 1. The minimum absolute atomic E-state index is 0.0125. The molecule has 0 amide bonds. The number of nitrogens with zero attached hydrogens (tertiary/aromatic N) is 1. The third kappa shape index (κ3) is 6.88. The molecular formula is C14H16ClF3N2O3S. The highest BCUT2D eigenvalue weighted by Gasteiger charge is 2.34. The molecule has 1 aliphatic rings. The molecule has 1 N–H and O–H groups in total. The molecule has 134 valence electrons. The van der Waals surface area contributed by atoms with Gasteiger partial charge in [-0.05, 0) is 50.8 Å².